The van der Waals surface area contributed by atoms with E-state index in [1.54, 1.807) is 0 Å². The zero-order chi connectivity index (χ0) is 5.15. The molecule has 0 unspecified atom stereocenters. The van der Waals surface area contributed by atoms with Gasteiger partial charge in [0.25, 0.3) is 0 Å². The molecule has 42 valence electrons. The summed E-state index contributed by atoms with van der Waals surface area (Å²) in [5.74, 6) is -4.37. The molecule has 0 heterocycles. The second kappa shape index (κ2) is 17.1. The molecule has 0 bridgehead atoms. The molecule has 0 aromatic rings. The van der Waals surface area contributed by atoms with Gasteiger partial charge in [0.2, 0.25) is 0 Å². The van der Waals surface area contributed by atoms with Crippen molar-refractivity contribution in [3.8, 4) is 0 Å². The summed E-state index contributed by atoms with van der Waals surface area (Å²) in [5.41, 5.74) is 0. The van der Waals surface area contributed by atoms with Crippen LogP contribution in [0.4, 0.5) is 0 Å². The molecule has 0 saturated carbocycles. The molecule has 0 fully saturated rings. The SMILES string of the molecule is O=C([O-])C(=O)[O-].[F-].[Na+].[Na+].[Na+]. The third-order valence-electron chi connectivity index (χ3n) is 0.167. The van der Waals surface area contributed by atoms with Crippen LogP contribution in [-0.4, -0.2) is 11.9 Å². The second-order valence-corrected chi connectivity index (χ2v) is 0.575. The Bertz CT molecular complexity index is 84.5. The Hall–Kier alpha value is 1.87. The van der Waals surface area contributed by atoms with Crippen molar-refractivity contribution in [1.82, 2.24) is 0 Å². The van der Waals surface area contributed by atoms with Gasteiger partial charge in [0.1, 0.15) is 0 Å². The minimum atomic E-state index is -2.19. The number of carboxylic acid groups (broad SMARTS) is 2. The predicted molar refractivity (Wildman–Crippen MR) is 10.0 cm³/mol. The molecule has 0 aliphatic carbocycles. The van der Waals surface area contributed by atoms with Gasteiger partial charge in [0.15, 0.2) is 0 Å². The van der Waals surface area contributed by atoms with Gasteiger partial charge in [-0.1, -0.05) is 0 Å². The molecule has 0 radical (unpaired) electrons. The summed E-state index contributed by atoms with van der Waals surface area (Å²) in [6.07, 6.45) is 0. The zero-order valence-corrected chi connectivity index (χ0v) is 12.0. The molecule has 0 aliphatic heterocycles. The van der Waals surface area contributed by atoms with E-state index in [0.717, 1.165) is 0 Å². The van der Waals surface area contributed by atoms with Crippen molar-refractivity contribution in [2.75, 3.05) is 0 Å². The van der Waals surface area contributed by atoms with E-state index < -0.39 is 11.9 Å². The largest absolute Gasteiger partial charge is 1.00 e. The van der Waals surface area contributed by atoms with Gasteiger partial charge in [0, 0.05) is 0 Å². The first-order valence-electron chi connectivity index (χ1n) is 1.07. The molecule has 0 N–H and O–H groups in total. The Labute approximate surface area is 123 Å². The van der Waals surface area contributed by atoms with Crippen LogP contribution in [0.25, 0.3) is 0 Å². The number of carbonyl (C=O) groups excluding carboxylic acids is 2. The fourth-order valence-electron chi connectivity index (χ4n) is 0. The molecule has 0 amide bonds. The molecule has 0 rings (SSSR count). The fraction of sp³-hybridized carbons (Fsp3) is 0. The molecule has 4 nitrogen and oxygen atoms in total. The van der Waals surface area contributed by atoms with E-state index in [9.17, 15) is 0 Å². The van der Waals surface area contributed by atoms with Crippen molar-refractivity contribution in [1.29, 1.82) is 0 Å². The number of carbonyl (C=O) groups is 2. The molecule has 0 spiro atoms. The Kier molecular flexibility index (Phi) is 50.8. The van der Waals surface area contributed by atoms with Crippen LogP contribution >= 0.6 is 0 Å². The zero-order valence-electron chi connectivity index (χ0n) is 6.01. The Morgan fingerprint density at radius 2 is 0.900 bits per heavy atom. The first kappa shape index (κ1) is 29.7. The summed E-state index contributed by atoms with van der Waals surface area (Å²) in [7, 11) is 0. The maximum absolute atomic E-state index is 8.93. The molecule has 0 aromatic heterocycles. The first-order chi connectivity index (χ1) is 2.64. The van der Waals surface area contributed by atoms with Crippen LogP contribution in [0.2, 0.25) is 0 Å². The van der Waals surface area contributed by atoms with Crippen molar-refractivity contribution in [2.45, 2.75) is 0 Å². The summed E-state index contributed by atoms with van der Waals surface area (Å²) in [6, 6.07) is 0. The average Bonchev–Trinajstić information content (AvgIpc) is 1.36. The van der Waals surface area contributed by atoms with E-state index >= 15 is 0 Å². The van der Waals surface area contributed by atoms with E-state index in [0.29, 0.717) is 0 Å². The van der Waals surface area contributed by atoms with Gasteiger partial charge in [-0.05, 0) is 0 Å². The van der Waals surface area contributed by atoms with Crippen LogP contribution in [0, 0.1) is 0 Å². The summed E-state index contributed by atoms with van der Waals surface area (Å²) in [6.45, 7) is 0. The molecular formula is C2FNa3O4. The summed E-state index contributed by atoms with van der Waals surface area (Å²) in [5, 5.41) is 17.9. The summed E-state index contributed by atoms with van der Waals surface area (Å²) >= 11 is 0. The maximum Gasteiger partial charge on any atom is 1.00 e. The van der Waals surface area contributed by atoms with E-state index in [4.69, 9.17) is 19.8 Å². The molecular weight excluding hydrogens is 176 g/mol. The van der Waals surface area contributed by atoms with Crippen molar-refractivity contribution in [3.05, 3.63) is 0 Å². The molecule has 10 heavy (non-hydrogen) atoms. The van der Waals surface area contributed by atoms with Crippen LogP contribution in [0.5, 0.6) is 0 Å². The maximum atomic E-state index is 8.93. The van der Waals surface area contributed by atoms with Gasteiger partial charge in [0.05, 0.1) is 11.9 Å². The van der Waals surface area contributed by atoms with Gasteiger partial charge >= 0.3 is 88.7 Å². The Morgan fingerprint density at radius 1 is 0.800 bits per heavy atom. The average molecular weight is 176 g/mol. The smallest absolute Gasteiger partial charge is 1.00 e. The third-order valence-corrected chi connectivity index (χ3v) is 0.167. The molecule has 0 aliphatic rings. The van der Waals surface area contributed by atoms with E-state index in [-0.39, 0.29) is 93.4 Å². The minimum absolute atomic E-state index is 0. The molecule has 8 heteroatoms. The normalized spacial score (nSPS) is 4.40. The minimum Gasteiger partial charge on any atom is -1.00 e. The number of rotatable bonds is 0. The van der Waals surface area contributed by atoms with E-state index in [2.05, 4.69) is 0 Å². The van der Waals surface area contributed by atoms with Gasteiger partial charge in [-0.2, -0.15) is 0 Å². The van der Waals surface area contributed by atoms with Gasteiger partial charge in [-0.15, -0.1) is 0 Å². The Balaban J connectivity index is -0.0000000208. The van der Waals surface area contributed by atoms with Crippen molar-refractivity contribution in [3.63, 3.8) is 0 Å². The topological polar surface area (TPSA) is 80.3 Å². The number of hydrogen-bond donors (Lipinski definition) is 0. The summed E-state index contributed by atoms with van der Waals surface area (Å²) < 4.78 is 0. The van der Waals surface area contributed by atoms with Gasteiger partial charge < -0.3 is 24.5 Å². The number of halogens is 1. The van der Waals surface area contributed by atoms with Crippen LogP contribution in [0.1, 0.15) is 0 Å². The van der Waals surface area contributed by atoms with Crippen LogP contribution < -0.4 is 104 Å². The van der Waals surface area contributed by atoms with Crippen LogP contribution in [-0.2, 0) is 9.59 Å². The molecule has 0 atom stereocenters. The van der Waals surface area contributed by atoms with E-state index in [1.165, 1.54) is 0 Å². The standard InChI is InChI=1S/C2H2O4.FH.3Na/c3-1(4)2(5)6;;;;/h(H,3,4)(H,5,6);1H;;;/q;;3*+1/p-3. The summed E-state index contributed by atoms with van der Waals surface area (Å²) in [4.78, 5) is 17.9. The first-order valence-corrected chi connectivity index (χ1v) is 1.07. The number of hydrogen-bond acceptors (Lipinski definition) is 4. The van der Waals surface area contributed by atoms with Crippen LogP contribution in [0.15, 0.2) is 0 Å². The van der Waals surface area contributed by atoms with Crippen LogP contribution in [0.3, 0.4) is 0 Å². The van der Waals surface area contributed by atoms with E-state index in [1.807, 2.05) is 0 Å². The van der Waals surface area contributed by atoms with Crippen molar-refractivity contribution >= 4 is 11.9 Å². The quantitative estimate of drug-likeness (QED) is 0.271. The Morgan fingerprint density at radius 3 is 0.900 bits per heavy atom. The number of aliphatic carboxylic acids is 2. The van der Waals surface area contributed by atoms with Gasteiger partial charge in [-0.25, -0.2) is 0 Å². The van der Waals surface area contributed by atoms with Crippen molar-refractivity contribution < 1.29 is 113 Å². The number of carboxylic acids is 2. The van der Waals surface area contributed by atoms with Crippen molar-refractivity contribution in [2.24, 2.45) is 0 Å². The van der Waals surface area contributed by atoms with Gasteiger partial charge in [-0.3, -0.25) is 0 Å². The molecule has 0 saturated heterocycles. The molecule has 0 aromatic carbocycles. The third kappa shape index (κ3) is 22.5. The fourth-order valence-corrected chi connectivity index (χ4v) is 0. The predicted octanol–water partition coefficient (Wildman–Crippen LogP) is -15.5. The monoisotopic (exact) mass is 176 g/mol. The second-order valence-electron chi connectivity index (χ2n) is 0.575.